The van der Waals surface area contributed by atoms with Crippen molar-refractivity contribution in [1.82, 2.24) is 19.5 Å². The molecule has 1 aliphatic heterocycles. The van der Waals surface area contributed by atoms with E-state index in [4.69, 9.17) is 25.2 Å². The van der Waals surface area contributed by atoms with Gasteiger partial charge in [-0.15, -0.1) is 0 Å². The van der Waals surface area contributed by atoms with Gasteiger partial charge in [0.2, 0.25) is 5.60 Å². The molecule has 32 heavy (non-hydrogen) atoms. The number of hydrogen-bond donors (Lipinski definition) is 2. The van der Waals surface area contributed by atoms with E-state index in [0.717, 1.165) is 0 Å². The molecule has 3 heterocycles. The summed E-state index contributed by atoms with van der Waals surface area (Å²) in [6.45, 7) is 3.14. The lowest BCUT2D eigenvalue weighted by molar-refractivity contribution is -0.163. The summed E-state index contributed by atoms with van der Waals surface area (Å²) in [5, 5.41) is 33.3. The number of aromatic nitrogens is 3. The highest BCUT2D eigenvalue weighted by Gasteiger charge is 2.61. The van der Waals surface area contributed by atoms with Crippen LogP contribution in [-0.2, 0) is 19.9 Å². The Morgan fingerprint density at radius 3 is 2.75 bits per heavy atom. The number of ether oxygens (including phenoxy) is 2. The molecule has 0 bridgehead atoms. The Labute approximate surface area is 187 Å². The first-order chi connectivity index (χ1) is 14.9. The van der Waals surface area contributed by atoms with Gasteiger partial charge in [-0.25, -0.2) is 14.5 Å². The van der Waals surface area contributed by atoms with Crippen molar-refractivity contribution in [1.29, 1.82) is 5.26 Å². The molecule has 4 radical (unpaired) electrons. The monoisotopic (exact) mass is 436 g/mol. The fraction of sp³-hybridized carbons (Fsp3) is 0.526. The van der Waals surface area contributed by atoms with Crippen LogP contribution in [0.5, 0.6) is 0 Å². The van der Waals surface area contributed by atoms with E-state index in [0.29, 0.717) is 11.3 Å². The van der Waals surface area contributed by atoms with E-state index in [2.05, 4.69) is 15.1 Å². The van der Waals surface area contributed by atoms with Gasteiger partial charge in [-0.3, -0.25) is 4.79 Å². The topological polar surface area (TPSA) is 146 Å². The zero-order valence-corrected chi connectivity index (χ0v) is 18.1. The second-order valence-electron chi connectivity index (χ2n) is 8.06. The molecule has 164 valence electrons. The van der Waals surface area contributed by atoms with Gasteiger partial charge < -0.3 is 24.6 Å². The molecule has 0 aliphatic carbocycles. The van der Waals surface area contributed by atoms with Crippen LogP contribution in [-0.4, -0.2) is 95.5 Å². The van der Waals surface area contributed by atoms with Crippen molar-refractivity contribution >= 4 is 39.3 Å². The Kier molecular flexibility index (Phi) is 6.33. The molecule has 1 fully saturated rings. The number of fused-ring (bicyclic) bond motifs is 1. The van der Waals surface area contributed by atoms with E-state index >= 15 is 0 Å². The van der Waals surface area contributed by atoms with Crippen LogP contribution in [0.3, 0.4) is 0 Å². The number of carbonyl (C=O) groups is 1. The second kappa shape index (κ2) is 8.54. The van der Waals surface area contributed by atoms with Gasteiger partial charge in [0.25, 0.3) is 0 Å². The predicted molar refractivity (Wildman–Crippen MR) is 114 cm³/mol. The molecule has 1 saturated heterocycles. The maximum atomic E-state index is 12.0. The summed E-state index contributed by atoms with van der Waals surface area (Å²) in [4.78, 5) is 22.1. The van der Waals surface area contributed by atoms with Crippen LogP contribution in [0.15, 0.2) is 23.5 Å². The van der Waals surface area contributed by atoms with Crippen molar-refractivity contribution in [3.8, 4) is 6.07 Å². The third kappa shape index (κ3) is 3.97. The van der Waals surface area contributed by atoms with Crippen LogP contribution in [0.4, 0.5) is 5.82 Å². The van der Waals surface area contributed by atoms with E-state index < -0.39 is 41.2 Å². The fourth-order valence-electron chi connectivity index (χ4n) is 3.29. The van der Waals surface area contributed by atoms with Gasteiger partial charge in [0.05, 0.1) is 23.4 Å². The highest BCUT2D eigenvalue weighted by molar-refractivity contribution is 6.40. The smallest absolute Gasteiger partial charge is 0.307 e. The lowest BCUT2D eigenvalue weighted by atomic mass is 9.60. The largest absolute Gasteiger partial charge is 0.477 e. The molecule has 0 aromatic carbocycles. The van der Waals surface area contributed by atoms with Crippen molar-refractivity contribution in [3.05, 3.63) is 24.2 Å². The van der Waals surface area contributed by atoms with E-state index in [1.807, 2.05) is 6.07 Å². The number of nitrogens with zero attached hydrogens (tertiary/aromatic N) is 6. The molecule has 2 aromatic rings. The number of hydrogen-bond acceptors (Lipinski definition) is 9. The summed E-state index contributed by atoms with van der Waals surface area (Å²) in [6, 6.07) is 4.96. The summed E-state index contributed by atoms with van der Waals surface area (Å²) >= 11 is 0. The zero-order chi connectivity index (χ0) is 23.8. The molecule has 4 atom stereocenters. The third-order valence-electron chi connectivity index (χ3n) is 4.95. The second-order valence-corrected chi connectivity index (χ2v) is 8.06. The van der Waals surface area contributed by atoms with Gasteiger partial charge in [-0.05, 0) is 12.1 Å². The van der Waals surface area contributed by atoms with Crippen LogP contribution in [0.25, 0.3) is 5.52 Å². The van der Waals surface area contributed by atoms with Crippen molar-refractivity contribution in [2.75, 3.05) is 14.1 Å². The van der Waals surface area contributed by atoms with Crippen molar-refractivity contribution in [3.63, 3.8) is 0 Å². The average molecular weight is 436 g/mol. The molecule has 2 N–H and O–H groups in total. The fourth-order valence-corrected chi connectivity index (χ4v) is 3.29. The number of nitriles is 1. The number of rotatable bonds is 6. The van der Waals surface area contributed by atoms with Crippen LogP contribution >= 0.6 is 0 Å². The first-order valence-electron chi connectivity index (χ1n) is 9.74. The van der Waals surface area contributed by atoms with E-state index in [-0.39, 0.29) is 5.69 Å². The molecular weight excluding hydrogens is 414 g/mol. The summed E-state index contributed by atoms with van der Waals surface area (Å²) in [7, 11) is 15.4. The quantitative estimate of drug-likeness (QED) is 0.252. The Hall–Kier alpha value is -2.94. The van der Waals surface area contributed by atoms with Gasteiger partial charge in [-0.2, -0.15) is 10.4 Å². The standard InChI is InChI=1S/C19H22B2N6O5/c1-10(2)17(30)32-19(20,21)15-13(28)14(29)18(7-22,31-15)12-6-5-11-16(24-9-26(3)4)23-8-25-27(11)12/h5-6,8-10,13-15,28-29H,1-4H3/t13-,14+,15?,18-/m0/s1. The van der Waals surface area contributed by atoms with Crippen LogP contribution in [0, 0.1) is 17.2 Å². The molecule has 0 spiro atoms. The van der Waals surface area contributed by atoms with Crippen molar-refractivity contribution in [2.45, 2.75) is 43.2 Å². The number of aliphatic hydroxyl groups is 2. The van der Waals surface area contributed by atoms with Gasteiger partial charge in [0, 0.05) is 14.1 Å². The number of aliphatic hydroxyl groups excluding tert-OH is 2. The lowest BCUT2D eigenvalue weighted by Gasteiger charge is -2.35. The minimum Gasteiger partial charge on any atom is -0.477 e. The number of aliphatic imine (C=N–C) groups is 1. The molecule has 3 rings (SSSR count). The maximum Gasteiger partial charge on any atom is 0.307 e. The highest BCUT2D eigenvalue weighted by atomic mass is 16.6. The molecular formula is C19H22B2N6O5. The van der Waals surface area contributed by atoms with E-state index in [1.54, 1.807) is 38.9 Å². The zero-order valence-electron chi connectivity index (χ0n) is 18.1. The molecule has 11 nitrogen and oxygen atoms in total. The number of carbonyl (C=O) groups excluding carboxylic acids is 1. The minimum absolute atomic E-state index is 0.0822. The summed E-state index contributed by atoms with van der Waals surface area (Å²) < 4.78 is 12.1. The maximum absolute atomic E-state index is 12.0. The molecule has 0 saturated carbocycles. The van der Waals surface area contributed by atoms with Gasteiger partial charge in [-0.1, -0.05) is 13.8 Å². The average Bonchev–Trinajstić information content (AvgIpc) is 3.27. The van der Waals surface area contributed by atoms with Crippen molar-refractivity contribution < 1.29 is 24.5 Å². The Bertz CT molecular complexity index is 1080. The van der Waals surface area contributed by atoms with Gasteiger partial charge in [0.15, 0.2) is 5.82 Å². The van der Waals surface area contributed by atoms with Crippen LogP contribution in [0.2, 0.25) is 0 Å². The minimum atomic E-state index is -2.32. The summed E-state index contributed by atoms with van der Waals surface area (Å²) in [6.07, 6.45) is -2.39. The van der Waals surface area contributed by atoms with Crippen molar-refractivity contribution in [2.24, 2.45) is 10.9 Å². The first kappa shape index (κ1) is 23.7. The van der Waals surface area contributed by atoms with Gasteiger partial charge >= 0.3 is 5.97 Å². The normalized spacial score (nSPS) is 26.0. The summed E-state index contributed by atoms with van der Waals surface area (Å²) in [5.41, 5.74) is -1.62. The molecule has 13 heteroatoms. The third-order valence-corrected chi connectivity index (χ3v) is 4.95. The Morgan fingerprint density at radius 2 is 2.16 bits per heavy atom. The van der Waals surface area contributed by atoms with Crippen LogP contribution < -0.4 is 0 Å². The van der Waals surface area contributed by atoms with E-state index in [1.165, 1.54) is 23.2 Å². The molecule has 1 unspecified atom stereocenters. The number of esters is 1. The van der Waals surface area contributed by atoms with E-state index in [9.17, 15) is 20.3 Å². The Balaban J connectivity index is 2.05. The lowest BCUT2D eigenvalue weighted by Crippen LogP contribution is -2.53. The highest BCUT2D eigenvalue weighted by Crippen LogP contribution is 2.43. The molecule has 0 amide bonds. The molecule has 2 aromatic heterocycles. The first-order valence-corrected chi connectivity index (χ1v) is 9.74. The van der Waals surface area contributed by atoms with Crippen LogP contribution in [0.1, 0.15) is 19.5 Å². The predicted octanol–water partition coefficient (Wildman–Crippen LogP) is -1.02. The molecule has 1 aliphatic rings. The van der Waals surface area contributed by atoms with Gasteiger partial charge in [0.1, 0.15) is 51.9 Å². The SMILES string of the molecule is [B]C([B])(OC(=O)C(C)C)C1O[C@@](C#N)(c2ccc3c(N=CN(C)C)ncnn23)[C@H](O)[C@@H]1O. The summed E-state index contributed by atoms with van der Waals surface area (Å²) in [5.74, 6) is -0.993. The Morgan fingerprint density at radius 1 is 1.47 bits per heavy atom.